The molecule has 3 rings (SSSR count). The fourth-order valence-electron chi connectivity index (χ4n) is 4.12. The van der Waals surface area contributed by atoms with Gasteiger partial charge in [0.25, 0.3) is 0 Å². The van der Waals surface area contributed by atoms with Gasteiger partial charge < -0.3 is 10.1 Å². The molecule has 0 spiro atoms. The van der Waals surface area contributed by atoms with E-state index in [2.05, 4.69) is 17.1 Å². The summed E-state index contributed by atoms with van der Waals surface area (Å²) in [6.07, 6.45) is 4.79. The van der Waals surface area contributed by atoms with Crippen molar-refractivity contribution < 1.29 is 9.53 Å². The van der Waals surface area contributed by atoms with Gasteiger partial charge in [-0.3, -0.25) is 9.69 Å². The van der Waals surface area contributed by atoms with Crippen molar-refractivity contribution in [2.24, 2.45) is 17.3 Å². The number of likely N-dealkylation sites (tertiary alicyclic amines) is 1. The number of ether oxygens (including phenoxy) is 1. The Morgan fingerprint density at radius 1 is 1.32 bits per heavy atom. The number of nitrogens with zero attached hydrogens (tertiary/aromatic N) is 1. The van der Waals surface area contributed by atoms with Crippen molar-refractivity contribution in [2.45, 2.75) is 38.6 Å². The number of rotatable bonds is 3. The van der Waals surface area contributed by atoms with E-state index in [0.29, 0.717) is 6.04 Å². The quantitative estimate of drug-likeness (QED) is 0.781. The number of hydrogen-bond acceptors (Lipinski definition) is 4. The summed E-state index contributed by atoms with van der Waals surface area (Å²) < 4.78 is 5.01. The summed E-state index contributed by atoms with van der Waals surface area (Å²) in [7, 11) is 1.52. The molecule has 3 fully saturated rings. The first-order valence-electron chi connectivity index (χ1n) is 7.68. The van der Waals surface area contributed by atoms with Crippen LogP contribution in [-0.4, -0.2) is 50.2 Å². The Labute approximate surface area is 115 Å². The van der Waals surface area contributed by atoms with E-state index in [1.165, 1.54) is 39.6 Å². The molecular weight excluding hydrogens is 240 g/mol. The predicted molar refractivity (Wildman–Crippen MR) is 73.8 cm³/mol. The molecule has 2 unspecified atom stereocenters. The number of methoxy groups -OCH3 is 1. The zero-order valence-corrected chi connectivity index (χ0v) is 12.2. The third-order valence-corrected chi connectivity index (χ3v) is 5.73. The molecule has 0 aromatic heterocycles. The minimum absolute atomic E-state index is 0.0174. The van der Waals surface area contributed by atoms with Crippen molar-refractivity contribution in [3.8, 4) is 0 Å². The van der Waals surface area contributed by atoms with Gasteiger partial charge >= 0.3 is 5.97 Å². The zero-order valence-electron chi connectivity index (χ0n) is 12.2. The van der Waals surface area contributed by atoms with E-state index < -0.39 is 0 Å². The second-order valence-corrected chi connectivity index (χ2v) is 6.78. The van der Waals surface area contributed by atoms with Gasteiger partial charge in [-0.25, -0.2) is 0 Å². The summed E-state index contributed by atoms with van der Waals surface area (Å²) in [5.41, 5.74) is -0.255. The minimum atomic E-state index is -0.255. The van der Waals surface area contributed by atoms with Crippen molar-refractivity contribution in [1.29, 1.82) is 0 Å². The maximum Gasteiger partial charge on any atom is 0.313 e. The van der Waals surface area contributed by atoms with Gasteiger partial charge in [0.05, 0.1) is 12.5 Å². The molecule has 3 aliphatic rings. The van der Waals surface area contributed by atoms with E-state index in [1.807, 2.05) is 0 Å². The van der Waals surface area contributed by atoms with Crippen LogP contribution < -0.4 is 5.32 Å². The molecule has 0 bridgehead atoms. The lowest BCUT2D eigenvalue weighted by Gasteiger charge is -2.53. The molecule has 19 heavy (non-hydrogen) atoms. The van der Waals surface area contributed by atoms with Crippen LogP contribution >= 0.6 is 0 Å². The number of piperidine rings is 1. The van der Waals surface area contributed by atoms with E-state index in [4.69, 9.17) is 4.74 Å². The summed E-state index contributed by atoms with van der Waals surface area (Å²) in [5, 5.41) is 3.38. The molecule has 4 nitrogen and oxygen atoms in total. The molecule has 0 aromatic rings. The highest BCUT2D eigenvalue weighted by atomic mass is 16.5. The predicted octanol–water partition coefficient (Wildman–Crippen LogP) is 1.26. The van der Waals surface area contributed by atoms with Crippen LogP contribution in [0.5, 0.6) is 0 Å². The summed E-state index contributed by atoms with van der Waals surface area (Å²) in [6, 6.07) is 0.413. The van der Waals surface area contributed by atoms with Gasteiger partial charge in [0, 0.05) is 12.6 Å². The van der Waals surface area contributed by atoms with Crippen molar-refractivity contribution in [1.82, 2.24) is 10.2 Å². The number of carbonyl (C=O) groups excluding carboxylic acids is 1. The van der Waals surface area contributed by atoms with Gasteiger partial charge in [-0.05, 0) is 64.1 Å². The first-order valence-corrected chi connectivity index (χ1v) is 7.68. The number of esters is 1. The lowest BCUT2D eigenvalue weighted by Crippen LogP contribution is -2.61. The van der Waals surface area contributed by atoms with Gasteiger partial charge in [-0.15, -0.1) is 0 Å². The van der Waals surface area contributed by atoms with Crippen LogP contribution in [0, 0.1) is 17.3 Å². The molecule has 1 N–H and O–H groups in total. The lowest BCUT2D eigenvalue weighted by molar-refractivity contribution is -0.166. The van der Waals surface area contributed by atoms with Gasteiger partial charge in [-0.2, -0.15) is 0 Å². The van der Waals surface area contributed by atoms with Crippen molar-refractivity contribution in [3.05, 3.63) is 0 Å². The molecule has 3 atom stereocenters. The van der Waals surface area contributed by atoms with Crippen molar-refractivity contribution >= 4 is 5.97 Å². The summed E-state index contributed by atoms with van der Waals surface area (Å²) in [4.78, 5) is 14.6. The first kappa shape index (κ1) is 13.4. The van der Waals surface area contributed by atoms with Crippen LogP contribution in [0.4, 0.5) is 0 Å². The van der Waals surface area contributed by atoms with Crippen LogP contribution in [0.1, 0.15) is 32.6 Å². The summed E-state index contributed by atoms with van der Waals surface area (Å²) >= 11 is 0. The molecule has 0 aromatic carbocycles. The molecule has 4 heteroatoms. The molecule has 1 saturated carbocycles. The second-order valence-electron chi connectivity index (χ2n) is 6.78. The van der Waals surface area contributed by atoms with Gasteiger partial charge in [-0.1, -0.05) is 0 Å². The van der Waals surface area contributed by atoms with Crippen LogP contribution in [-0.2, 0) is 9.53 Å². The third-order valence-electron chi connectivity index (χ3n) is 5.73. The van der Waals surface area contributed by atoms with Crippen molar-refractivity contribution in [3.63, 3.8) is 0 Å². The van der Waals surface area contributed by atoms with Crippen LogP contribution in [0.25, 0.3) is 0 Å². The van der Waals surface area contributed by atoms with E-state index in [1.54, 1.807) is 0 Å². The van der Waals surface area contributed by atoms with Gasteiger partial charge in [0.15, 0.2) is 0 Å². The molecule has 0 amide bonds. The zero-order chi connectivity index (χ0) is 13.5. The molecule has 1 aliphatic carbocycles. The number of hydrogen-bond donors (Lipinski definition) is 1. The van der Waals surface area contributed by atoms with E-state index >= 15 is 0 Å². The van der Waals surface area contributed by atoms with Crippen LogP contribution in [0.3, 0.4) is 0 Å². The molecule has 108 valence electrons. The largest absolute Gasteiger partial charge is 0.469 e. The SMILES string of the molecule is COC(=O)C1(C)CCC1N1CCC[C@H](C2CNC2)C1. The van der Waals surface area contributed by atoms with E-state index in [-0.39, 0.29) is 11.4 Å². The third kappa shape index (κ3) is 2.19. The summed E-state index contributed by atoms with van der Waals surface area (Å²) in [6.45, 7) is 6.81. The number of carbonyl (C=O) groups is 1. The average molecular weight is 266 g/mol. The standard InChI is InChI=1S/C15H26N2O2/c1-15(14(18)19-2)6-5-13(15)17-7-3-4-11(10-17)12-8-16-9-12/h11-13,16H,3-10H2,1-2H3/t11-,13?,15?/m0/s1. The molecule has 2 heterocycles. The normalized spacial score (nSPS) is 40.3. The van der Waals surface area contributed by atoms with Crippen LogP contribution in [0.15, 0.2) is 0 Å². The first-order chi connectivity index (χ1) is 9.15. The van der Waals surface area contributed by atoms with Crippen molar-refractivity contribution in [2.75, 3.05) is 33.3 Å². The Balaban J connectivity index is 1.63. The lowest BCUT2D eigenvalue weighted by atomic mass is 9.64. The molecule has 2 aliphatic heterocycles. The second kappa shape index (κ2) is 5.06. The summed E-state index contributed by atoms with van der Waals surface area (Å²) in [5.74, 6) is 1.68. The molecule has 2 saturated heterocycles. The average Bonchev–Trinajstić information content (AvgIpc) is 2.34. The Morgan fingerprint density at radius 3 is 2.63 bits per heavy atom. The highest BCUT2D eigenvalue weighted by Crippen LogP contribution is 2.46. The smallest absolute Gasteiger partial charge is 0.313 e. The fourth-order valence-corrected chi connectivity index (χ4v) is 4.12. The minimum Gasteiger partial charge on any atom is -0.469 e. The van der Waals surface area contributed by atoms with Gasteiger partial charge in [0.1, 0.15) is 0 Å². The Morgan fingerprint density at radius 2 is 2.11 bits per heavy atom. The van der Waals surface area contributed by atoms with Crippen LogP contribution in [0.2, 0.25) is 0 Å². The Kier molecular flexibility index (Phi) is 3.56. The highest BCUT2D eigenvalue weighted by Gasteiger charge is 2.53. The molecule has 0 radical (unpaired) electrons. The van der Waals surface area contributed by atoms with E-state index in [0.717, 1.165) is 31.2 Å². The number of nitrogens with one attached hydrogen (secondary N) is 1. The Bertz CT molecular complexity index is 356. The molecular formula is C15H26N2O2. The fraction of sp³-hybridized carbons (Fsp3) is 0.933. The maximum atomic E-state index is 12.0. The maximum absolute atomic E-state index is 12.0. The topological polar surface area (TPSA) is 41.6 Å². The monoisotopic (exact) mass is 266 g/mol. The van der Waals surface area contributed by atoms with Gasteiger partial charge in [0.2, 0.25) is 0 Å². The van der Waals surface area contributed by atoms with E-state index in [9.17, 15) is 4.79 Å². The highest BCUT2D eigenvalue weighted by molar-refractivity contribution is 5.78. The Hall–Kier alpha value is -0.610.